The number of hydrogen-bond donors (Lipinski definition) is 2. The lowest BCUT2D eigenvalue weighted by Crippen LogP contribution is -2.64. The molecule has 10 nitrogen and oxygen atoms in total. The van der Waals surface area contributed by atoms with Gasteiger partial charge in [-0.3, -0.25) is 9.59 Å². The van der Waals surface area contributed by atoms with E-state index in [-0.39, 0.29) is 61.3 Å². The Bertz CT molecular complexity index is 2460. The molecule has 2 N–H and O–H groups in total. The van der Waals surface area contributed by atoms with Gasteiger partial charge in [-0.1, -0.05) is 168 Å². The normalized spacial score (nSPS) is 35.6. The highest BCUT2D eigenvalue weighted by atomic mass is 16.7. The summed E-state index contributed by atoms with van der Waals surface area (Å²) in [5.74, 6) is 0.644. The van der Waals surface area contributed by atoms with Gasteiger partial charge in [0.25, 0.3) is 0 Å². The van der Waals surface area contributed by atoms with Gasteiger partial charge >= 0.3 is 0 Å². The third-order valence-corrected chi connectivity index (χ3v) is 16.8. The lowest BCUT2D eigenvalue weighted by molar-refractivity contribution is -0.132. The number of benzene rings is 4. The SMILES string of the molecule is CC(C)(C)c1cc2c(OCc3ccccc3)c(c1)C[C@]13O[C@@H]1C(O)(C(C)(C)C)[C@@H]1O[C@]1(Cc1cc(C(C)(C)C)cc(c1OCc1ccccc1)C[C@@]14O[C@H]1C(O)(C(C)(C)C)[C@H]1O[C@]1(C2)C4=O)C3=O. The molecular weight excluding hydrogens is 857 g/mol. The van der Waals surface area contributed by atoms with E-state index in [9.17, 15) is 10.2 Å². The largest absolute Gasteiger partial charge is 0.488 e. The first-order chi connectivity index (χ1) is 31.7. The Hall–Kier alpha value is -4.42. The van der Waals surface area contributed by atoms with Crippen LogP contribution in [-0.2, 0) is 78.3 Å². The van der Waals surface area contributed by atoms with Crippen LogP contribution in [0.25, 0.3) is 0 Å². The number of carbonyl (C=O) groups excluding carboxylic acids is 2. The zero-order chi connectivity index (χ0) is 48.6. The smallest absolute Gasteiger partial charge is 0.202 e. The Morgan fingerprint density at radius 2 is 0.735 bits per heavy atom. The average Bonchev–Trinajstić information content (AvgIpc) is 4.10. The molecule has 0 amide bonds. The fourth-order valence-electron chi connectivity index (χ4n) is 12.5. The summed E-state index contributed by atoms with van der Waals surface area (Å²) in [7, 11) is 0. The van der Waals surface area contributed by atoms with Crippen molar-refractivity contribution in [1.29, 1.82) is 0 Å². The molecule has 4 aliphatic heterocycles. The van der Waals surface area contributed by atoms with E-state index < -0.39 is 68.9 Å². The number of Topliss-reactive ketones (excluding diaryl/α,β-unsaturated/α-hetero) is 2. The highest BCUT2D eigenvalue weighted by Gasteiger charge is 2.92. The van der Waals surface area contributed by atoms with Crippen LogP contribution < -0.4 is 9.47 Å². The number of hydrogen-bond acceptors (Lipinski definition) is 10. The second kappa shape index (κ2) is 14.1. The van der Waals surface area contributed by atoms with E-state index in [0.717, 1.165) is 44.5 Å². The summed E-state index contributed by atoms with van der Waals surface area (Å²) in [5, 5.41) is 26.5. The van der Waals surface area contributed by atoms with Crippen molar-refractivity contribution in [2.24, 2.45) is 10.8 Å². The topological polar surface area (TPSA) is 143 Å². The Morgan fingerprint density at radius 3 is 0.971 bits per heavy atom. The van der Waals surface area contributed by atoms with Crippen molar-refractivity contribution >= 4 is 11.6 Å². The number of epoxide rings is 4. The fraction of sp³-hybridized carbons (Fsp3) is 0.552. The Morgan fingerprint density at radius 1 is 0.471 bits per heavy atom. The van der Waals surface area contributed by atoms with Gasteiger partial charge in [-0.05, 0) is 66.2 Å². The fourth-order valence-corrected chi connectivity index (χ4v) is 12.5. The third-order valence-electron chi connectivity index (χ3n) is 16.8. The van der Waals surface area contributed by atoms with Crippen LogP contribution in [-0.4, -0.2) is 79.8 Å². The van der Waals surface area contributed by atoms with Gasteiger partial charge in [0.05, 0.1) is 0 Å². The molecule has 68 heavy (non-hydrogen) atoms. The zero-order valence-corrected chi connectivity index (χ0v) is 41.8. The second-order valence-electron chi connectivity index (χ2n) is 25.4. The summed E-state index contributed by atoms with van der Waals surface area (Å²) >= 11 is 0. The lowest BCUT2D eigenvalue weighted by Gasteiger charge is -2.42. The van der Waals surface area contributed by atoms with Gasteiger partial charge in [0.2, 0.25) is 11.6 Å². The Kier molecular flexibility index (Phi) is 9.56. The first-order valence-corrected chi connectivity index (χ1v) is 24.6. The van der Waals surface area contributed by atoms with Crippen LogP contribution in [0.4, 0.5) is 0 Å². The second-order valence-corrected chi connectivity index (χ2v) is 25.4. The molecular formula is C58H68O10. The number of ketones is 2. The summed E-state index contributed by atoms with van der Waals surface area (Å²) in [6, 6.07) is 28.2. The first kappa shape index (κ1) is 46.0. The van der Waals surface area contributed by atoms with Crippen LogP contribution in [0.15, 0.2) is 84.9 Å². The molecule has 10 atom stereocenters. The highest BCUT2D eigenvalue weighted by Crippen LogP contribution is 2.71. The van der Waals surface area contributed by atoms with Crippen molar-refractivity contribution in [2.75, 3.05) is 0 Å². The van der Waals surface area contributed by atoms with Crippen molar-refractivity contribution in [3.05, 3.63) is 129 Å². The van der Waals surface area contributed by atoms with Gasteiger partial charge in [-0.15, -0.1) is 0 Å². The number of ether oxygens (including phenoxy) is 6. The van der Waals surface area contributed by atoms with Gasteiger partial charge < -0.3 is 38.6 Å². The van der Waals surface area contributed by atoms with Crippen molar-refractivity contribution in [3.63, 3.8) is 0 Å². The minimum atomic E-state index is -1.56. The van der Waals surface area contributed by atoms with Crippen LogP contribution in [0.2, 0.25) is 0 Å². The molecule has 10 heteroatoms. The summed E-state index contributed by atoms with van der Waals surface area (Å²) < 4.78 is 41.1. The lowest BCUT2D eigenvalue weighted by atomic mass is 9.59. The summed E-state index contributed by atoms with van der Waals surface area (Å²) in [6.45, 7) is 25.1. The van der Waals surface area contributed by atoms with E-state index in [1.807, 2.05) is 102 Å². The van der Waals surface area contributed by atoms with Crippen LogP contribution in [0, 0.1) is 10.8 Å². The van der Waals surface area contributed by atoms with Crippen LogP contribution in [0.1, 0.15) is 128 Å². The molecule has 0 aromatic heterocycles. The van der Waals surface area contributed by atoms with E-state index in [0.29, 0.717) is 11.5 Å². The number of fused-ring (bicyclic) bond motifs is 4. The minimum Gasteiger partial charge on any atom is -0.488 e. The number of carbonyl (C=O) groups is 2. The quantitative estimate of drug-likeness (QED) is 0.181. The van der Waals surface area contributed by atoms with Crippen molar-refractivity contribution in [3.8, 4) is 11.5 Å². The number of aliphatic hydroxyl groups is 2. The summed E-state index contributed by atoms with van der Waals surface area (Å²) in [5.41, 5.74) is -4.56. The van der Waals surface area contributed by atoms with Crippen molar-refractivity contribution < 1.29 is 48.2 Å². The Balaban J connectivity index is 1.17. The van der Waals surface area contributed by atoms with E-state index in [1.165, 1.54) is 0 Å². The third kappa shape index (κ3) is 6.42. The minimum absolute atomic E-state index is 0.0880. The molecule has 11 rings (SSSR count). The maximum atomic E-state index is 15.9. The van der Waals surface area contributed by atoms with E-state index >= 15 is 9.59 Å². The van der Waals surface area contributed by atoms with E-state index in [4.69, 9.17) is 28.4 Å². The molecule has 2 unspecified atom stereocenters. The number of rotatable bonds is 6. The molecule has 2 saturated carbocycles. The molecule has 4 aromatic rings. The molecule has 3 aliphatic carbocycles. The van der Waals surface area contributed by atoms with Crippen molar-refractivity contribution in [1.82, 2.24) is 0 Å². The monoisotopic (exact) mass is 924 g/mol. The first-order valence-electron chi connectivity index (χ1n) is 24.6. The van der Waals surface area contributed by atoms with Gasteiger partial charge in [-0.25, -0.2) is 0 Å². The van der Waals surface area contributed by atoms with Gasteiger partial charge in [0.15, 0.2) is 22.4 Å². The van der Waals surface area contributed by atoms with E-state index in [2.05, 4.69) is 65.8 Å². The van der Waals surface area contributed by atoms with Gasteiger partial charge in [0.1, 0.15) is 60.3 Å². The summed E-state index contributed by atoms with van der Waals surface area (Å²) in [4.78, 5) is 31.9. The molecule has 7 aliphatic rings. The molecule has 8 bridgehead atoms. The molecule has 360 valence electrons. The average molecular weight is 925 g/mol. The molecule has 4 heterocycles. The summed E-state index contributed by atoms with van der Waals surface area (Å²) in [6.07, 6.45) is -3.11. The van der Waals surface area contributed by atoms with Gasteiger partial charge in [-0.2, -0.15) is 0 Å². The molecule has 4 spiro atoms. The molecule has 4 aromatic carbocycles. The Labute approximate surface area is 401 Å². The van der Waals surface area contributed by atoms with Crippen LogP contribution in [0.5, 0.6) is 11.5 Å². The molecule has 0 radical (unpaired) electrons. The maximum absolute atomic E-state index is 15.9. The highest BCUT2D eigenvalue weighted by molar-refractivity contribution is 6.04. The standard InChI is InChI=1S/C58H68O10/c1-49(2,3)39-23-35-27-53-43(59)55(47(67-55)57(61,45(53)65-53)51(7,8)9)29-37-25-40(50(4,5)6)26-38(42(37)64-32-34-21-17-14-18-22-34)30-56-44(60)54(46(66-54)58(62,48(56)68-56)52(10,11)12)28-36(24-39)41(35)63-31-33-19-15-13-16-20-33/h13-26,45-48,61-62H,27-32H2,1-12H3/t45-,46-,47+,48+,53-,54+,55-,56-,57?,58?/m1/s1. The van der Waals surface area contributed by atoms with E-state index in [1.54, 1.807) is 0 Å². The predicted molar refractivity (Wildman–Crippen MR) is 256 cm³/mol. The molecule has 4 saturated heterocycles. The molecule has 6 fully saturated rings. The van der Waals surface area contributed by atoms with Crippen molar-refractivity contribution in [2.45, 2.75) is 191 Å². The van der Waals surface area contributed by atoms with Crippen LogP contribution >= 0.6 is 0 Å². The van der Waals surface area contributed by atoms with Crippen LogP contribution in [0.3, 0.4) is 0 Å². The maximum Gasteiger partial charge on any atom is 0.202 e. The van der Waals surface area contributed by atoms with Gasteiger partial charge in [0, 0.05) is 25.7 Å². The predicted octanol–water partition coefficient (Wildman–Crippen LogP) is 8.59. The zero-order valence-electron chi connectivity index (χ0n) is 41.8.